The number of piperidine rings is 1. The molecule has 8 nitrogen and oxygen atoms in total. The van der Waals surface area contributed by atoms with E-state index in [1.54, 1.807) is 6.92 Å². The first-order valence-corrected chi connectivity index (χ1v) is 9.30. The first kappa shape index (κ1) is 18.1. The van der Waals surface area contributed by atoms with Crippen LogP contribution in [0.25, 0.3) is 0 Å². The molecular formula is C17H29N5O3. The number of likely N-dealkylation sites (tertiary alicyclic amines) is 1. The number of ether oxygens (including phenoxy) is 2. The quantitative estimate of drug-likeness (QED) is 0.614. The first-order chi connectivity index (χ1) is 12.2. The van der Waals surface area contributed by atoms with Crippen LogP contribution >= 0.6 is 0 Å². The topological polar surface area (TPSA) is 85.0 Å². The fourth-order valence-corrected chi connectivity index (χ4v) is 3.23. The molecule has 0 saturated carbocycles. The van der Waals surface area contributed by atoms with Gasteiger partial charge in [-0.1, -0.05) is 5.16 Å². The molecule has 2 saturated heterocycles. The molecule has 1 atom stereocenters. The van der Waals surface area contributed by atoms with E-state index in [-0.39, 0.29) is 0 Å². The van der Waals surface area contributed by atoms with Crippen molar-refractivity contribution in [2.45, 2.75) is 58.3 Å². The van der Waals surface area contributed by atoms with Crippen molar-refractivity contribution < 1.29 is 14.0 Å². The summed E-state index contributed by atoms with van der Waals surface area (Å²) < 4.78 is 16.7. The van der Waals surface area contributed by atoms with Gasteiger partial charge in [0.1, 0.15) is 6.54 Å². The second-order valence-corrected chi connectivity index (χ2v) is 6.55. The zero-order valence-corrected chi connectivity index (χ0v) is 15.2. The molecule has 1 N–H and O–H groups in total. The van der Waals surface area contributed by atoms with Crippen LogP contribution in [0.1, 0.15) is 44.3 Å². The van der Waals surface area contributed by atoms with Gasteiger partial charge >= 0.3 is 0 Å². The van der Waals surface area contributed by atoms with Crippen molar-refractivity contribution >= 4 is 5.96 Å². The fourth-order valence-electron chi connectivity index (χ4n) is 3.23. The molecule has 2 aliphatic rings. The summed E-state index contributed by atoms with van der Waals surface area (Å²) in [5.74, 6) is 2.09. The number of guanidine groups is 1. The van der Waals surface area contributed by atoms with Gasteiger partial charge in [0.2, 0.25) is 5.89 Å². The number of rotatable bonds is 6. The van der Waals surface area contributed by atoms with Crippen molar-refractivity contribution in [2.24, 2.45) is 4.99 Å². The SMILES string of the molecule is CCNC(=NCc1noc(C)n1)N1CCC(OCC2CCCO2)CC1. The van der Waals surface area contributed by atoms with E-state index in [1.807, 2.05) is 0 Å². The maximum Gasteiger partial charge on any atom is 0.223 e. The Hall–Kier alpha value is -1.67. The van der Waals surface area contributed by atoms with E-state index in [9.17, 15) is 0 Å². The van der Waals surface area contributed by atoms with E-state index in [4.69, 9.17) is 14.0 Å². The average Bonchev–Trinajstić information content (AvgIpc) is 3.29. The molecule has 0 amide bonds. The van der Waals surface area contributed by atoms with E-state index in [0.29, 0.717) is 30.5 Å². The van der Waals surface area contributed by atoms with Crippen molar-refractivity contribution in [3.05, 3.63) is 11.7 Å². The highest BCUT2D eigenvalue weighted by Crippen LogP contribution is 2.18. The summed E-state index contributed by atoms with van der Waals surface area (Å²) in [5.41, 5.74) is 0. The van der Waals surface area contributed by atoms with Crippen molar-refractivity contribution in [3.8, 4) is 0 Å². The van der Waals surface area contributed by atoms with Crippen LogP contribution in [-0.2, 0) is 16.0 Å². The summed E-state index contributed by atoms with van der Waals surface area (Å²) >= 11 is 0. The summed E-state index contributed by atoms with van der Waals surface area (Å²) in [5, 5.41) is 7.25. The molecule has 0 radical (unpaired) electrons. The van der Waals surface area contributed by atoms with Gasteiger partial charge in [0.05, 0.1) is 18.8 Å². The van der Waals surface area contributed by atoms with Gasteiger partial charge in [-0.3, -0.25) is 0 Å². The predicted molar refractivity (Wildman–Crippen MR) is 93.4 cm³/mol. The van der Waals surface area contributed by atoms with Crippen LogP contribution in [0.3, 0.4) is 0 Å². The number of aliphatic imine (C=N–C) groups is 1. The van der Waals surface area contributed by atoms with Crippen LogP contribution in [0.15, 0.2) is 9.52 Å². The van der Waals surface area contributed by atoms with Crippen molar-refractivity contribution in [1.29, 1.82) is 0 Å². The smallest absolute Gasteiger partial charge is 0.223 e. The van der Waals surface area contributed by atoms with Crippen LogP contribution in [0.2, 0.25) is 0 Å². The van der Waals surface area contributed by atoms with Crippen molar-refractivity contribution in [3.63, 3.8) is 0 Å². The molecule has 0 bridgehead atoms. The molecule has 1 aromatic heterocycles. The fraction of sp³-hybridized carbons (Fsp3) is 0.824. The van der Waals surface area contributed by atoms with Gasteiger partial charge < -0.3 is 24.2 Å². The Morgan fingerprint density at radius 3 is 2.84 bits per heavy atom. The van der Waals surface area contributed by atoms with Crippen LogP contribution in [0, 0.1) is 6.92 Å². The molecule has 140 valence electrons. The van der Waals surface area contributed by atoms with E-state index in [0.717, 1.165) is 64.5 Å². The Morgan fingerprint density at radius 2 is 2.20 bits per heavy atom. The van der Waals surface area contributed by atoms with Crippen LogP contribution in [-0.4, -0.2) is 66.1 Å². The highest BCUT2D eigenvalue weighted by molar-refractivity contribution is 5.80. The molecule has 0 aromatic carbocycles. The highest BCUT2D eigenvalue weighted by atomic mass is 16.5. The van der Waals surface area contributed by atoms with Gasteiger partial charge in [-0.15, -0.1) is 0 Å². The Kier molecular flexibility index (Phi) is 6.63. The number of nitrogens with zero attached hydrogens (tertiary/aromatic N) is 4. The van der Waals surface area contributed by atoms with E-state index in [1.165, 1.54) is 0 Å². The predicted octanol–water partition coefficient (Wildman–Crippen LogP) is 1.50. The minimum absolute atomic E-state index is 0.301. The Bertz CT molecular complexity index is 548. The molecule has 3 rings (SSSR count). The summed E-state index contributed by atoms with van der Waals surface area (Å²) in [6.07, 6.45) is 4.94. The van der Waals surface area contributed by atoms with E-state index in [2.05, 4.69) is 32.3 Å². The van der Waals surface area contributed by atoms with Crippen molar-refractivity contribution in [2.75, 3.05) is 32.8 Å². The van der Waals surface area contributed by atoms with Crippen LogP contribution in [0.5, 0.6) is 0 Å². The molecule has 0 spiro atoms. The van der Waals surface area contributed by atoms with Gasteiger partial charge in [0.25, 0.3) is 0 Å². The lowest BCUT2D eigenvalue weighted by Crippen LogP contribution is -2.47. The number of nitrogens with one attached hydrogen (secondary N) is 1. The summed E-state index contributed by atoms with van der Waals surface area (Å²) in [6.45, 7) is 8.61. The average molecular weight is 351 g/mol. The molecule has 8 heteroatoms. The third kappa shape index (κ3) is 5.40. The second kappa shape index (κ2) is 9.15. The Balaban J connectivity index is 1.46. The van der Waals surface area contributed by atoms with Gasteiger partial charge in [0, 0.05) is 33.2 Å². The number of hydrogen-bond donors (Lipinski definition) is 1. The lowest BCUT2D eigenvalue weighted by molar-refractivity contribution is -0.0367. The molecule has 3 heterocycles. The third-order valence-corrected chi connectivity index (χ3v) is 4.56. The van der Waals surface area contributed by atoms with Gasteiger partial charge in [-0.2, -0.15) is 4.98 Å². The minimum atomic E-state index is 0.301. The van der Waals surface area contributed by atoms with Gasteiger partial charge in [-0.25, -0.2) is 4.99 Å². The molecule has 1 unspecified atom stereocenters. The number of aromatic nitrogens is 2. The lowest BCUT2D eigenvalue weighted by Gasteiger charge is -2.34. The number of aryl methyl sites for hydroxylation is 1. The zero-order valence-electron chi connectivity index (χ0n) is 15.2. The Labute approximate surface area is 149 Å². The van der Waals surface area contributed by atoms with E-state index < -0.39 is 0 Å². The van der Waals surface area contributed by atoms with Crippen molar-refractivity contribution in [1.82, 2.24) is 20.4 Å². The largest absolute Gasteiger partial charge is 0.376 e. The molecule has 0 aliphatic carbocycles. The standard InChI is InChI=1S/C17H29N5O3/c1-3-18-17(19-11-16-20-13(2)25-21-16)22-8-6-14(7-9-22)24-12-15-5-4-10-23-15/h14-15H,3-12H2,1-2H3,(H,18,19). The van der Waals surface area contributed by atoms with Crippen LogP contribution < -0.4 is 5.32 Å². The third-order valence-electron chi connectivity index (χ3n) is 4.56. The summed E-state index contributed by atoms with van der Waals surface area (Å²) in [7, 11) is 0. The van der Waals surface area contributed by atoms with Gasteiger partial charge in [0.15, 0.2) is 11.8 Å². The monoisotopic (exact) mass is 351 g/mol. The molecule has 2 fully saturated rings. The van der Waals surface area contributed by atoms with Gasteiger partial charge in [-0.05, 0) is 32.6 Å². The normalized spacial score (nSPS) is 22.6. The molecule has 1 aromatic rings. The Morgan fingerprint density at radius 1 is 1.36 bits per heavy atom. The molecule has 25 heavy (non-hydrogen) atoms. The van der Waals surface area contributed by atoms with Crippen LogP contribution in [0.4, 0.5) is 0 Å². The zero-order chi connectivity index (χ0) is 17.5. The minimum Gasteiger partial charge on any atom is -0.376 e. The summed E-state index contributed by atoms with van der Waals surface area (Å²) in [4.78, 5) is 11.1. The maximum atomic E-state index is 6.04. The second-order valence-electron chi connectivity index (χ2n) is 6.55. The summed E-state index contributed by atoms with van der Waals surface area (Å²) in [6, 6.07) is 0. The maximum absolute atomic E-state index is 6.04. The molecular weight excluding hydrogens is 322 g/mol. The van der Waals surface area contributed by atoms with E-state index >= 15 is 0 Å². The molecule has 2 aliphatic heterocycles. The highest BCUT2D eigenvalue weighted by Gasteiger charge is 2.24. The lowest BCUT2D eigenvalue weighted by atomic mass is 10.1. The first-order valence-electron chi connectivity index (χ1n) is 9.30. The number of hydrogen-bond acceptors (Lipinski definition) is 6.